The fourth-order valence-electron chi connectivity index (χ4n) is 3.16. The molecule has 0 radical (unpaired) electrons. The van der Waals surface area contributed by atoms with Gasteiger partial charge < -0.3 is 10.1 Å². The lowest BCUT2D eigenvalue weighted by Crippen LogP contribution is -2.29. The van der Waals surface area contributed by atoms with Crippen molar-refractivity contribution >= 4 is 0 Å². The Morgan fingerprint density at radius 2 is 1.72 bits per heavy atom. The third-order valence-corrected chi connectivity index (χ3v) is 4.36. The van der Waals surface area contributed by atoms with Gasteiger partial charge in [0, 0.05) is 6.04 Å². The Bertz CT molecular complexity index is 406. The molecule has 0 spiro atoms. The smallest absolute Gasteiger partial charge is 0.122 e. The van der Waals surface area contributed by atoms with Crippen molar-refractivity contribution < 1.29 is 4.74 Å². The average molecular weight is 247 g/mol. The van der Waals surface area contributed by atoms with Gasteiger partial charge in [0.2, 0.25) is 0 Å². The van der Waals surface area contributed by atoms with Crippen molar-refractivity contribution in [2.75, 3.05) is 14.2 Å². The van der Waals surface area contributed by atoms with Crippen LogP contribution in [0.3, 0.4) is 0 Å². The molecular formula is C16H25NO. The molecule has 0 amide bonds. The normalized spacial score (nSPS) is 24.0. The van der Waals surface area contributed by atoms with Crippen molar-refractivity contribution in [3.05, 3.63) is 28.8 Å². The van der Waals surface area contributed by atoms with E-state index in [0.29, 0.717) is 0 Å². The predicted octanol–water partition coefficient (Wildman–Crippen LogP) is 3.56. The van der Waals surface area contributed by atoms with Crippen LogP contribution in [0, 0.1) is 13.8 Å². The van der Waals surface area contributed by atoms with Crippen LogP contribution in [-0.2, 0) is 0 Å². The molecule has 1 saturated carbocycles. The molecule has 0 unspecified atom stereocenters. The first-order valence-corrected chi connectivity index (χ1v) is 6.98. The number of ether oxygens (including phenoxy) is 1. The van der Waals surface area contributed by atoms with Crippen LogP contribution in [0.1, 0.15) is 48.3 Å². The summed E-state index contributed by atoms with van der Waals surface area (Å²) < 4.78 is 5.39. The monoisotopic (exact) mass is 247 g/mol. The fraction of sp³-hybridized carbons (Fsp3) is 0.625. The first-order chi connectivity index (χ1) is 8.65. The molecule has 0 heterocycles. The quantitative estimate of drug-likeness (QED) is 0.882. The maximum absolute atomic E-state index is 5.39. The molecule has 0 aliphatic heterocycles. The largest absolute Gasteiger partial charge is 0.496 e. The number of methoxy groups -OCH3 is 1. The summed E-state index contributed by atoms with van der Waals surface area (Å²) >= 11 is 0. The molecule has 2 nitrogen and oxygen atoms in total. The highest BCUT2D eigenvalue weighted by Gasteiger charge is 2.22. The number of nitrogens with one attached hydrogen (secondary N) is 1. The minimum absolute atomic E-state index is 0.723. The number of benzene rings is 1. The van der Waals surface area contributed by atoms with Gasteiger partial charge in [-0.2, -0.15) is 0 Å². The summed E-state index contributed by atoms with van der Waals surface area (Å²) in [6.45, 7) is 4.35. The van der Waals surface area contributed by atoms with E-state index in [1.807, 2.05) is 0 Å². The van der Waals surface area contributed by atoms with E-state index >= 15 is 0 Å². The SMILES string of the molecule is CNC1CCC(c2cc(C)c(OC)cc2C)CC1. The number of rotatable bonds is 3. The van der Waals surface area contributed by atoms with Crippen molar-refractivity contribution in [2.24, 2.45) is 0 Å². The van der Waals surface area contributed by atoms with Crippen LogP contribution in [0.5, 0.6) is 5.75 Å². The molecule has 0 aromatic heterocycles. The zero-order chi connectivity index (χ0) is 13.1. The van der Waals surface area contributed by atoms with E-state index in [-0.39, 0.29) is 0 Å². The Hall–Kier alpha value is -1.02. The Kier molecular flexibility index (Phi) is 4.28. The van der Waals surface area contributed by atoms with E-state index in [0.717, 1.165) is 17.7 Å². The Labute approximate surface area is 111 Å². The maximum atomic E-state index is 5.39. The van der Waals surface area contributed by atoms with Crippen molar-refractivity contribution in [3.63, 3.8) is 0 Å². The first kappa shape index (κ1) is 13.4. The average Bonchev–Trinajstić information content (AvgIpc) is 2.41. The van der Waals surface area contributed by atoms with Crippen molar-refractivity contribution in [2.45, 2.75) is 51.5 Å². The van der Waals surface area contributed by atoms with Gasteiger partial charge in [-0.15, -0.1) is 0 Å². The Morgan fingerprint density at radius 3 is 2.28 bits per heavy atom. The standard InChI is InChI=1S/C16H25NO/c1-11-10-16(18-4)12(2)9-15(11)13-5-7-14(17-3)8-6-13/h9-10,13-14,17H,5-8H2,1-4H3. The van der Waals surface area contributed by atoms with Crippen LogP contribution in [0.2, 0.25) is 0 Å². The van der Waals surface area contributed by atoms with Gasteiger partial charge in [0.1, 0.15) is 5.75 Å². The minimum atomic E-state index is 0.723. The third kappa shape index (κ3) is 2.69. The van der Waals surface area contributed by atoms with E-state index in [2.05, 4.69) is 38.3 Å². The highest BCUT2D eigenvalue weighted by atomic mass is 16.5. The molecule has 0 saturated heterocycles. The van der Waals surface area contributed by atoms with Crippen LogP contribution in [0.25, 0.3) is 0 Å². The molecule has 1 aliphatic rings. The number of hydrogen-bond acceptors (Lipinski definition) is 2. The van der Waals surface area contributed by atoms with Gasteiger partial charge in [0.05, 0.1) is 7.11 Å². The van der Waals surface area contributed by atoms with Crippen molar-refractivity contribution in [1.82, 2.24) is 5.32 Å². The summed E-state index contributed by atoms with van der Waals surface area (Å²) in [5.74, 6) is 1.75. The molecule has 100 valence electrons. The van der Waals surface area contributed by atoms with E-state index in [9.17, 15) is 0 Å². The first-order valence-electron chi connectivity index (χ1n) is 6.98. The third-order valence-electron chi connectivity index (χ3n) is 4.36. The van der Waals surface area contributed by atoms with E-state index in [4.69, 9.17) is 4.74 Å². The zero-order valence-electron chi connectivity index (χ0n) is 12.0. The minimum Gasteiger partial charge on any atom is -0.496 e. The summed E-state index contributed by atoms with van der Waals surface area (Å²) in [5, 5.41) is 3.40. The molecule has 1 N–H and O–H groups in total. The van der Waals surface area contributed by atoms with Crippen molar-refractivity contribution in [1.29, 1.82) is 0 Å². The topological polar surface area (TPSA) is 21.3 Å². The second kappa shape index (κ2) is 5.75. The van der Waals surface area contributed by atoms with Gasteiger partial charge >= 0.3 is 0 Å². The van der Waals surface area contributed by atoms with E-state index in [1.165, 1.54) is 42.4 Å². The van der Waals surface area contributed by atoms with Gasteiger partial charge in [-0.3, -0.25) is 0 Å². The van der Waals surface area contributed by atoms with Gasteiger partial charge in [-0.05, 0) is 75.3 Å². The summed E-state index contributed by atoms with van der Waals surface area (Å²) in [6.07, 6.45) is 5.20. The molecule has 1 aromatic carbocycles. The Morgan fingerprint density at radius 1 is 1.06 bits per heavy atom. The summed E-state index contributed by atoms with van der Waals surface area (Å²) in [5.41, 5.74) is 4.17. The van der Waals surface area contributed by atoms with Crippen LogP contribution in [0.15, 0.2) is 12.1 Å². The van der Waals surface area contributed by atoms with Gasteiger partial charge in [0.15, 0.2) is 0 Å². The summed E-state index contributed by atoms with van der Waals surface area (Å²) in [6, 6.07) is 5.24. The molecule has 2 heteroatoms. The molecule has 1 fully saturated rings. The lowest BCUT2D eigenvalue weighted by Gasteiger charge is -2.29. The van der Waals surface area contributed by atoms with Crippen LogP contribution in [0.4, 0.5) is 0 Å². The highest BCUT2D eigenvalue weighted by molar-refractivity contribution is 5.43. The van der Waals surface area contributed by atoms with Crippen molar-refractivity contribution in [3.8, 4) is 5.75 Å². The Balaban J connectivity index is 2.16. The second-order valence-corrected chi connectivity index (χ2v) is 5.52. The van der Waals surface area contributed by atoms with Crippen LogP contribution >= 0.6 is 0 Å². The van der Waals surface area contributed by atoms with Gasteiger partial charge in [-0.25, -0.2) is 0 Å². The van der Waals surface area contributed by atoms with Crippen LogP contribution in [-0.4, -0.2) is 20.2 Å². The summed E-state index contributed by atoms with van der Waals surface area (Å²) in [4.78, 5) is 0. The zero-order valence-corrected chi connectivity index (χ0v) is 12.0. The molecule has 1 aromatic rings. The van der Waals surface area contributed by atoms with E-state index in [1.54, 1.807) is 7.11 Å². The molecule has 18 heavy (non-hydrogen) atoms. The molecule has 2 rings (SSSR count). The maximum Gasteiger partial charge on any atom is 0.122 e. The highest BCUT2D eigenvalue weighted by Crippen LogP contribution is 2.36. The van der Waals surface area contributed by atoms with Gasteiger partial charge in [0.25, 0.3) is 0 Å². The lowest BCUT2D eigenvalue weighted by molar-refractivity contribution is 0.357. The predicted molar refractivity (Wildman–Crippen MR) is 76.5 cm³/mol. The van der Waals surface area contributed by atoms with E-state index < -0.39 is 0 Å². The van der Waals surface area contributed by atoms with Crippen LogP contribution < -0.4 is 10.1 Å². The molecule has 1 aliphatic carbocycles. The molecule has 0 bridgehead atoms. The lowest BCUT2D eigenvalue weighted by atomic mass is 9.80. The van der Waals surface area contributed by atoms with Gasteiger partial charge in [-0.1, -0.05) is 6.07 Å². The fourth-order valence-corrected chi connectivity index (χ4v) is 3.16. The number of hydrogen-bond donors (Lipinski definition) is 1. The summed E-state index contributed by atoms with van der Waals surface area (Å²) in [7, 11) is 3.83. The number of aryl methyl sites for hydroxylation is 2. The second-order valence-electron chi connectivity index (χ2n) is 5.52. The molecular weight excluding hydrogens is 222 g/mol. The molecule has 0 atom stereocenters.